The van der Waals surface area contributed by atoms with Gasteiger partial charge < -0.3 is 10.1 Å². The summed E-state index contributed by atoms with van der Waals surface area (Å²) in [4.78, 5) is 12.1. The minimum atomic E-state index is -0.312. The molecule has 0 saturated heterocycles. The smallest absolute Gasteiger partial charge is 0.258 e. The number of thiophene rings is 1. The quantitative estimate of drug-likeness (QED) is 0.717. The fourth-order valence-corrected chi connectivity index (χ4v) is 3.42. The predicted molar refractivity (Wildman–Crippen MR) is 89.5 cm³/mol. The molecule has 0 unspecified atom stereocenters. The van der Waals surface area contributed by atoms with Crippen LogP contribution >= 0.6 is 46.1 Å². The summed E-state index contributed by atoms with van der Waals surface area (Å²) >= 11 is 18.8. The molecule has 0 aliphatic rings. The number of halogens is 3. The number of carbonyl (C=O) groups is 1. The molecule has 0 fully saturated rings. The molecule has 2 aromatic rings. The van der Waals surface area contributed by atoms with E-state index in [0.717, 1.165) is 16.9 Å². The second kappa shape index (κ2) is 7.36. The van der Waals surface area contributed by atoms with Gasteiger partial charge in [-0.1, -0.05) is 23.2 Å². The van der Waals surface area contributed by atoms with Crippen LogP contribution in [0.1, 0.15) is 22.8 Å². The number of alkyl halides is 1. The monoisotopic (exact) mass is 363 g/mol. The minimum absolute atomic E-state index is 0.296. The lowest BCUT2D eigenvalue weighted by molar-refractivity contribution is 0.102. The molecule has 0 bridgehead atoms. The molecule has 0 aliphatic carbocycles. The maximum absolute atomic E-state index is 12.1. The standard InChI is InChI=1S/C14H12Cl3NO2S/c1-2-20-11-4-3-9(5-8(11)7-15)18-14(19)10-6-12(16)21-13(10)17/h3-6H,2,7H2,1H3,(H,18,19). The van der Waals surface area contributed by atoms with Gasteiger partial charge in [0.15, 0.2) is 0 Å². The van der Waals surface area contributed by atoms with Crippen molar-refractivity contribution in [1.82, 2.24) is 0 Å². The van der Waals surface area contributed by atoms with Gasteiger partial charge in [0.25, 0.3) is 5.91 Å². The number of anilines is 1. The van der Waals surface area contributed by atoms with Crippen molar-refractivity contribution in [3.05, 3.63) is 44.1 Å². The lowest BCUT2D eigenvalue weighted by Gasteiger charge is -2.11. The molecule has 1 aromatic heterocycles. The maximum atomic E-state index is 12.1. The Bertz CT molecular complexity index is 658. The van der Waals surface area contributed by atoms with Gasteiger partial charge in [0.2, 0.25) is 0 Å². The number of carbonyl (C=O) groups excluding carboxylic acids is 1. The van der Waals surface area contributed by atoms with Crippen LogP contribution in [0.2, 0.25) is 8.67 Å². The highest BCUT2D eigenvalue weighted by molar-refractivity contribution is 7.20. The Hall–Kier alpha value is -0.940. The molecule has 21 heavy (non-hydrogen) atoms. The van der Waals surface area contributed by atoms with E-state index in [1.807, 2.05) is 6.92 Å². The highest BCUT2D eigenvalue weighted by Gasteiger charge is 2.15. The largest absolute Gasteiger partial charge is 0.494 e. The van der Waals surface area contributed by atoms with E-state index in [4.69, 9.17) is 39.5 Å². The number of nitrogens with one attached hydrogen (secondary N) is 1. The minimum Gasteiger partial charge on any atom is -0.494 e. The summed E-state index contributed by atoms with van der Waals surface area (Å²) in [5.41, 5.74) is 1.79. The zero-order valence-corrected chi connectivity index (χ0v) is 14.2. The van der Waals surface area contributed by atoms with Gasteiger partial charge in [0.1, 0.15) is 10.1 Å². The summed E-state index contributed by atoms with van der Waals surface area (Å²) in [7, 11) is 0. The Morgan fingerprint density at radius 2 is 2.10 bits per heavy atom. The Labute approximate surface area is 141 Å². The molecule has 2 rings (SSSR count). The van der Waals surface area contributed by atoms with Gasteiger partial charge in [0.05, 0.1) is 22.4 Å². The third-order valence-electron chi connectivity index (χ3n) is 2.66. The van der Waals surface area contributed by atoms with E-state index in [9.17, 15) is 4.79 Å². The van der Waals surface area contributed by atoms with E-state index < -0.39 is 0 Å². The highest BCUT2D eigenvalue weighted by Crippen LogP contribution is 2.32. The molecule has 1 amide bonds. The SMILES string of the molecule is CCOc1ccc(NC(=O)c2cc(Cl)sc2Cl)cc1CCl. The fraction of sp³-hybridized carbons (Fsp3) is 0.214. The summed E-state index contributed by atoms with van der Waals surface area (Å²) in [5.74, 6) is 0.694. The number of hydrogen-bond acceptors (Lipinski definition) is 3. The van der Waals surface area contributed by atoms with Gasteiger partial charge in [-0.25, -0.2) is 0 Å². The molecule has 0 atom stereocenters. The van der Waals surface area contributed by atoms with Gasteiger partial charge in [-0.15, -0.1) is 22.9 Å². The summed E-state index contributed by atoms with van der Waals surface area (Å²) < 4.78 is 6.29. The Kier molecular flexibility index (Phi) is 5.76. The highest BCUT2D eigenvalue weighted by atomic mass is 35.5. The lowest BCUT2D eigenvalue weighted by Crippen LogP contribution is -2.11. The van der Waals surface area contributed by atoms with Gasteiger partial charge >= 0.3 is 0 Å². The van der Waals surface area contributed by atoms with Crippen LogP contribution in [0.25, 0.3) is 0 Å². The summed E-state index contributed by atoms with van der Waals surface area (Å²) in [6.07, 6.45) is 0. The first-order valence-electron chi connectivity index (χ1n) is 6.13. The Morgan fingerprint density at radius 3 is 2.67 bits per heavy atom. The molecule has 1 heterocycles. The zero-order chi connectivity index (χ0) is 15.4. The van der Waals surface area contributed by atoms with Crippen LogP contribution in [0.15, 0.2) is 24.3 Å². The molecule has 3 nitrogen and oxygen atoms in total. The van der Waals surface area contributed by atoms with Gasteiger partial charge in [-0.3, -0.25) is 4.79 Å². The Morgan fingerprint density at radius 1 is 1.33 bits per heavy atom. The normalized spacial score (nSPS) is 10.5. The van der Waals surface area contributed by atoms with E-state index >= 15 is 0 Å². The number of hydrogen-bond donors (Lipinski definition) is 1. The maximum Gasteiger partial charge on any atom is 0.258 e. The zero-order valence-electron chi connectivity index (χ0n) is 11.1. The van der Waals surface area contributed by atoms with Crippen LogP contribution in [0.3, 0.4) is 0 Å². The fourth-order valence-electron chi connectivity index (χ4n) is 1.75. The Balaban J connectivity index is 2.19. The summed E-state index contributed by atoms with van der Waals surface area (Å²) in [6.45, 7) is 2.45. The van der Waals surface area contributed by atoms with Gasteiger partial charge in [-0.2, -0.15) is 0 Å². The molecule has 0 spiro atoms. The molecule has 0 aliphatic heterocycles. The van der Waals surface area contributed by atoms with Crippen LogP contribution in [0.4, 0.5) is 5.69 Å². The lowest BCUT2D eigenvalue weighted by atomic mass is 10.2. The molecule has 7 heteroatoms. The van der Waals surface area contributed by atoms with E-state index in [2.05, 4.69) is 5.32 Å². The van der Waals surface area contributed by atoms with Crippen molar-refractivity contribution in [2.75, 3.05) is 11.9 Å². The van der Waals surface area contributed by atoms with Crippen molar-refractivity contribution in [1.29, 1.82) is 0 Å². The van der Waals surface area contributed by atoms with E-state index in [0.29, 0.717) is 38.2 Å². The molecule has 1 aromatic carbocycles. The number of benzene rings is 1. The molecule has 0 radical (unpaired) electrons. The van der Waals surface area contributed by atoms with E-state index in [-0.39, 0.29) is 5.91 Å². The topological polar surface area (TPSA) is 38.3 Å². The van der Waals surface area contributed by atoms with Crippen molar-refractivity contribution in [2.24, 2.45) is 0 Å². The number of amides is 1. The van der Waals surface area contributed by atoms with Crippen molar-refractivity contribution in [3.8, 4) is 5.75 Å². The van der Waals surface area contributed by atoms with Gasteiger partial charge in [-0.05, 0) is 31.2 Å². The number of ether oxygens (including phenoxy) is 1. The molecular formula is C14H12Cl3NO2S. The number of rotatable bonds is 5. The first-order chi connectivity index (χ1) is 10.0. The van der Waals surface area contributed by atoms with Crippen molar-refractivity contribution < 1.29 is 9.53 Å². The second-order valence-corrected chi connectivity index (χ2v) is 6.63. The van der Waals surface area contributed by atoms with Crippen molar-refractivity contribution in [2.45, 2.75) is 12.8 Å². The third-order valence-corrected chi connectivity index (χ3v) is 4.44. The van der Waals surface area contributed by atoms with E-state index in [1.165, 1.54) is 0 Å². The summed E-state index contributed by atoms with van der Waals surface area (Å²) in [5, 5.41) is 2.77. The van der Waals surface area contributed by atoms with E-state index in [1.54, 1.807) is 24.3 Å². The first kappa shape index (κ1) is 16.4. The predicted octanol–water partition coefficient (Wildman–Crippen LogP) is 5.44. The first-order valence-corrected chi connectivity index (χ1v) is 8.23. The van der Waals surface area contributed by atoms with Crippen LogP contribution in [0.5, 0.6) is 5.75 Å². The second-order valence-electron chi connectivity index (χ2n) is 4.08. The van der Waals surface area contributed by atoms with Crippen molar-refractivity contribution >= 4 is 57.7 Å². The summed E-state index contributed by atoms with van der Waals surface area (Å²) in [6, 6.07) is 6.85. The average molecular weight is 365 g/mol. The van der Waals surface area contributed by atoms with Crippen LogP contribution in [-0.2, 0) is 5.88 Å². The average Bonchev–Trinajstić information content (AvgIpc) is 2.79. The molecule has 0 saturated carbocycles. The van der Waals surface area contributed by atoms with Crippen molar-refractivity contribution in [3.63, 3.8) is 0 Å². The van der Waals surface area contributed by atoms with Crippen LogP contribution in [0, 0.1) is 0 Å². The van der Waals surface area contributed by atoms with Gasteiger partial charge in [0, 0.05) is 11.3 Å². The van der Waals surface area contributed by atoms with Crippen LogP contribution in [-0.4, -0.2) is 12.5 Å². The van der Waals surface area contributed by atoms with Crippen LogP contribution < -0.4 is 10.1 Å². The molecule has 112 valence electrons. The molecule has 1 N–H and O–H groups in total. The third kappa shape index (κ3) is 4.04. The molecular weight excluding hydrogens is 353 g/mol.